The van der Waals surface area contributed by atoms with Crippen LogP contribution in [0, 0.1) is 11.7 Å². The number of aromatic nitrogens is 4. The van der Waals surface area contributed by atoms with Gasteiger partial charge in [-0.3, -0.25) is 14.5 Å². The van der Waals surface area contributed by atoms with Crippen LogP contribution in [0.15, 0.2) is 41.3 Å². The fourth-order valence-electron chi connectivity index (χ4n) is 7.74. The minimum absolute atomic E-state index is 0.0171. The Morgan fingerprint density at radius 3 is 2.46 bits per heavy atom. The van der Waals surface area contributed by atoms with E-state index in [1.54, 1.807) is 10.6 Å². The molecule has 0 spiro atoms. The van der Waals surface area contributed by atoms with Crippen LogP contribution in [0.25, 0.3) is 28.1 Å². The fraction of sp³-hybridized carbons (Fsp3) is 0.550. The zero-order valence-corrected chi connectivity index (χ0v) is 31.8. The summed E-state index contributed by atoms with van der Waals surface area (Å²) in [5, 5.41) is 0.975. The van der Waals surface area contributed by atoms with Crippen LogP contribution in [0.1, 0.15) is 84.6 Å². The third-order valence-electron chi connectivity index (χ3n) is 11.1. The zero-order chi connectivity index (χ0) is 36.3. The molecule has 9 nitrogen and oxygen atoms in total. The average molecular weight is 729 g/mol. The average Bonchev–Trinajstić information content (AvgIpc) is 4.02. The molecule has 4 aromatic rings. The number of alkyl halides is 1. The van der Waals surface area contributed by atoms with Crippen LogP contribution in [-0.4, -0.2) is 81.8 Å². The van der Waals surface area contributed by atoms with Crippen molar-refractivity contribution in [2.75, 3.05) is 32.8 Å². The standard InChI is InChI=1S/C40H50F2N6O3Si/c1-25-6-5-13-45(19-25)22-30-17-32-34(26-7-8-26)23-47(39(50)37(32)48(30)24-51-14-15-52(2,3)4)40-43-35(27-9-10-27)18-36(44-40)31-12-11-28(41)16-33(31)38(49)46-20-29(42)21-46/h11-12,16-18,23,25-27,29H,5-10,13-15,19-22,24H2,1-4H3/t25-/m0/s1. The van der Waals surface area contributed by atoms with Gasteiger partial charge in [-0.15, -0.1) is 0 Å². The summed E-state index contributed by atoms with van der Waals surface area (Å²) in [5.74, 6) is 0.430. The highest BCUT2D eigenvalue weighted by molar-refractivity contribution is 6.76. The lowest BCUT2D eigenvalue weighted by Crippen LogP contribution is -2.51. The van der Waals surface area contributed by atoms with E-state index >= 15 is 0 Å². The first kappa shape index (κ1) is 35.3. The van der Waals surface area contributed by atoms with Crippen molar-refractivity contribution in [3.05, 3.63) is 75.2 Å². The van der Waals surface area contributed by atoms with Crippen molar-refractivity contribution in [3.63, 3.8) is 0 Å². The van der Waals surface area contributed by atoms with Crippen LogP contribution >= 0.6 is 0 Å². The number of nitrogens with zero attached hydrogens (tertiary/aromatic N) is 6. The maximum absolute atomic E-state index is 14.9. The molecule has 4 aliphatic rings. The molecule has 2 saturated carbocycles. The van der Waals surface area contributed by atoms with E-state index in [1.165, 1.54) is 29.9 Å². The van der Waals surface area contributed by atoms with Gasteiger partial charge in [0.2, 0.25) is 5.95 Å². The molecule has 0 bridgehead atoms. The van der Waals surface area contributed by atoms with Gasteiger partial charge in [0.15, 0.2) is 0 Å². The van der Waals surface area contributed by atoms with Gasteiger partial charge in [-0.2, -0.15) is 0 Å². The second-order valence-corrected chi connectivity index (χ2v) is 22.6. The molecule has 276 valence electrons. The van der Waals surface area contributed by atoms with Crippen LogP contribution in [0.2, 0.25) is 25.7 Å². The van der Waals surface area contributed by atoms with Gasteiger partial charge in [-0.25, -0.2) is 23.3 Å². The maximum Gasteiger partial charge on any atom is 0.282 e. The van der Waals surface area contributed by atoms with Crippen LogP contribution in [-0.2, 0) is 18.0 Å². The van der Waals surface area contributed by atoms with E-state index in [1.807, 2.05) is 12.3 Å². The highest BCUT2D eigenvalue weighted by Gasteiger charge is 2.34. The lowest BCUT2D eigenvalue weighted by Gasteiger charge is -2.34. The summed E-state index contributed by atoms with van der Waals surface area (Å²) in [6.45, 7) is 13.0. The van der Waals surface area contributed by atoms with E-state index in [-0.39, 0.29) is 36.1 Å². The van der Waals surface area contributed by atoms with Gasteiger partial charge < -0.3 is 14.2 Å². The van der Waals surface area contributed by atoms with Crippen molar-refractivity contribution in [2.45, 2.75) is 102 Å². The van der Waals surface area contributed by atoms with E-state index < -0.39 is 26.0 Å². The molecule has 1 aromatic carbocycles. The number of ether oxygens (including phenoxy) is 1. The Bertz CT molecular complexity index is 2060. The Hall–Kier alpha value is -3.74. The molecule has 1 amide bonds. The Morgan fingerprint density at radius 2 is 1.77 bits per heavy atom. The first-order chi connectivity index (χ1) is 24.9. The molecular formula is C40H50F2N6O3Si. The van der Waals surface area contributed by atoms with E-state index in [0.29, 0.717) is 41.9 Å². The smallest absolute Gasteiger partial charge is 0.282 e. The van der Waals surface area contributed by atoms with Crippen molar-refractivity contribution < 1.29 is 18.3 Å². The lowest BCUT2D eigenvalue weighted by atomic mass is 10.00. The molecule has 0 radical (unpaired) electrons. The normalized spacial score (nSPS) is 20.1. The summed E-state index contributed by atoms with van der Waals surface area (Å²) in [5.41, 5.74) is 4.39. The summed E-state index contributed by atoms with van der Waals surface area (Å²) in [7, 11) is -1.32. The zero-order valence-electron chi connectivity index (χ0n) is 30.8. The van der Waals surface area contributed by atoms with Gasteiger partial charge in [0.05, 0.1) is 24.3 Å². The molecule has 52 heavy (non-hydrogen) atoms. The van der Waals surface area contributed by atoms with Crippen LogP contribution in [0.4, 0.5) is 8.78 Å². The second kappa shape index (κ2) is 13.9. The Kier molecular flexibility index (Phi) is 9.44. The topological polar surface area (TPSA) is 85.5 Å². The van der Waals surface area contributed by atoms with Crippen LogP contribution < -0.4 is 5.56 Å². The SMILES string of the molecule is C[C@H]1CCCN(Cc2cc3c(C4CC4)cn(-c4nc(-c5ccc(F)cc5C(=O)N5CC(F)C5)cc(C5CC5)n4)c(=O)c3n2COCC[Si](C)(C)C)C1. The van der Waals surface area contributed by atoms with Crippen molar-refractivity contribution in [3.8, 4) is 17.2 Å². The van der Waals surface area contributed by atoms with Gasteiger partial charge in [0.25, 0.3) is 11.5 Å². The molecule has 3 aromatic heterocycles. The lowest BCUT2D eigenvalue weighted by molar-refractivity contribution is 0.0400. The van der Waals surface area contributed by atoms with Crippen molar-refractivity contribution in [1.29, 1.82) is 0 Å². The van der Waals surface area contributed by atoms with Gasteiger partial charge in [0.1, 0.15) is 24.2 Å². The number of likely N-dealkylation sites (tertiary alicyclic amines) is 2. The molecule has 0 N–H and O–H groups in total. The maximum atomic E-state index is 14.9. The van der Waals surface area contributed by atoms with E-state index in [4.69, 9.17) is 14.7 Å². The van der Waals surface area contributed by atoms with Gasteiger partial charge in [0, 0.05) is 62.2 Å². The van der Waals surface area contributed by atoms with Crippen molar-refractivity contribution >= 4 is 24.9 Å². The van der Waals surface area contributed by atoms with Gasteiger partial charge in [-0.1, -0.05) is 26.6 Å². The number of benzene rings is 1. The van der Waals surface area contributed by atoms with E-state index in [0.717, 1.165) is 73.7 Å². The van der Waals surface area contributed by atoms with Gasteiger partial charge >= 0.3 is 0 Å². The molecule has 2 aliphatic carbocycles. The molecule has 8 rings (SSSR count). The fourth-order valence-corrected chi connectivity index (χ4v) is 8.50. The number of hydrogen-bond donors (Lipinski definition) is 0. The summed E-state index contributed by atoms with van der Waals surface area (Å²) in [6.07, 6.45) is 7.29. The van der Waals surface area contributed by atoms with Gasteiger partial charge in [-0.05, 0) is 98.8 Å². The van der Waals surface area contributed by atoms with E-state index in [9.17, 15) is 18.4 Å². The largest absolute Gasteiger partial charge is 0.361 e. The number of rotatable bonds is 12. The van der Waals surface area contributed by atoms with Crippen molar-refractivity contribution in [2.24, 2.45) is 5.92 Å². The molecule has 0 unspecified atom stereocenters. The number of pyridine rings is 1. The molecule has 1 atom stereocenters. The van der Waals surface area contributed by atoms with Crippen LogP contribution in [0.5, 0.6) is 0 Å². The number of carbonyl (C=O) groups is 1. The summed E-state index contributed by atoms with van der Waals surface area (Å²) >= 11 is 0. The number of fused-ring (bicyclic) bond motifs is 1. The first-order valence-electron chi connectivity index (χ1n) is 19.1. The monoisotopic (exact) mass is 728 g/mol. The predicted octanol–water partition coefficient (Wildman–Crippen LogP) is 7.48. The highest BCUT2D eigenvalue weighted by Crippen LogP contribution is 2.44. The van der Waals surface area contributed by atoms with E-state index in [2.05, 4.69) is 42.1 Å². The Labute approximate surface area is 305 Å². The quantitative estimate of drug-likeness (QED) is 0.111. The minimum Gasteiger partial charge on any atom is -0.361 e. The number of amides is 1. The number of halogens is 2. The second-order valence-electron chi connectivity index (χ2n) is 16.9. The molecule has 12 heteroatoms. The van der Waals surface area contributed by atoms with Crippen molar-refractivity contribution in [1.82, 2.24) is 28.9 Å². The minimum atomic E-state index is -1.32. The molecule has 2 saturated heterocycles. The number of hydrogen-bond acceptors (Lipinski definition) is 6. The first-order valence-corrected chi connectivity index (χ1v) is 22.8. The number of carbonyl (C=O) groups excluding carboxylic acids is 1. The molecular weight excluding hydrogens is 679 g/mol. The Morgan fingerprint density at radius 1 is 1.00 bits per heavy atom. The Balaban J connectivity index is 1.25. The third kappa shape index (κ3) is 7.39. The number of piperidine rings is 1. The summed E-state index contributed by atoms with van der Waals surface area (Å²) < 4.78 is 38.4. The highest BCUT2D eigenvalue weighted by atomic mass is 28.3. The predicted molar refractivity (Wildman–Crippen MR) is 201 cm³/mol. The summed E-state index contributed by atoms with van der Waals surface area (Å²) in [6, 6.07) is 9.17. The molecule has 5 heterocycles. The van der Waals surface area contributed by atoms with Crippen LogP contribution in [0.3, 0.4) is 0 Å². The third-order valence-corrected chi connectivity index (χ3v) is 12.8. The molecule has 2 aliphatic heterocycles. The summed E-state index contributed by atoms with van der Waals surface area (Å²) in [4.78, 5) is 42.2. The molecule has 4 fully saturated rings.